The van der Waals surface area contributed by atoms with E-state index in [2.05, 4.69) is 5.32 Å². The summed E-state index contributed by atoms with van der Waals surface area (Å²) in [4.78, 5) is 13.2. The third-order valence-corrected chi connectivity index (χ3v) is 6.11. The third-order valence-electron chi connectivity index (χ3n) is 4.98. The highest BCUT2D eigenvalue weighted by molar-refractivity contribution is 7.92. The summed E-state index contributed by atoms with van der Waals surface area (Å²) >= 11 is 0. The van der Waals surface area contributed by atoms with E-state index in [1.165, 1.54) is 44.6 Å². The Hall–Kier alpha value is -3.59. The maximum absolute atomic E-state index is 14.3. The van der Waals surface area contributed by atoms with E-state index in [0.29, 0.717) is 0 Å². The second-order valence-corrected chi connectivity index (χ2v) is 9.16. The number of ether oxygens (including phenoxy) is 2. The smallest absolute Gasteiger partial charge is 0.253 e. The molecule has 0 atom stereocenters. The fourth-order valence-electron chi connectivity index (χ4n) is 3.29. The molecule has 0 spiro atoms. The molecule has 7 nitrogen and oxygen atoms in total. The molecule has 0 radical (unpaired) electrons. The number of carbonyl (C=O) groups is 1. The molecule has 33 heavy (non-hydrogen) atoms. The summed E-state index contributed by atoms with van der Waals surface area (Å²) in [5.41, 5.74) is 1.13. The lowest BCUT2D eigenvalue weighted by atomic mass is 10.1. The average Bonchev–Trinajstić information content (AvgIpc) is 2.81. The van der Waals surface area contributed by atoms with Crippen LogP contribution in [-0.4, -0.2) is 34.8 Å². The van der Waals surface area contributed by atoms with Crippen molar-refractivity contribution in [2.75, 3.05) is 24.8 Å². The second-order valence-electron chi connectivity index (χ2n) is 7.25. The lowest BCUT2D eigenvalue weighted by Gasteiger charge is -2.26. The molecule has 0 heterocycles. The van der Waals surface area contributed by atoms with Gasteiger partial charge in [-0.15, -0.1) is 0 Å². The number of hydrogen-bond acceptors (Lipinski definition) is 5. The van der Waals surface area contributed by atoms with Crippen LogP contribution in [0.2, 0.25) is 0 Å². The number of nitrogens with zero attached hydrogens (tertiary/aromatic N) is 1. The van der Waals surface area contributed by atoms with Crippen LogP contribution in [0.5, 0.6) is 11.5 Å². The predicted octanol–water partition coefficient (Wildman–Crippen LogP) is 3.74. The summed E-state index contributed by atoms with van der Waals surface area (Å²) < 4.78 is 51.5. The minimum absolute atomic E-state index is 0.0453. The van der Waals surface area contributed by atoms with Crippen LogP contribution in [0.4, 0.5) is 10.1 Å². The van der Waals surface area contributed by atoms with Gasteiger partial charge in [0.1, 0.15) is 5.82 Å². The van der Waals surface area contributed by atoms with Gasteiger partial charge in [-0.3, -0.25) is 9.10 Å². The molecule has 0 aliphatic heterocycles. The van der Waals surface area contributed by atoms with Gasteiger partial charge in [-0.25, -0.2) is 12.8 Å². The van der Waals surface area contributed by atoms with Crippen molar-refractivity contribution in [3.8, 4) is 11.5 Å². The first-order valence-electron chi connectivity index (χ1n) is 10.0. The molecule has 3 aromatic carbocycles. The van der Waals surface area contributed by atoms with E-state index in [1.807, 2.05) is 30.3 Å². The van der Waals surface area contributed by atoms with Crippen molar-refractivity contribution >= 4 is 21.6 Å². The summed E-state index contributed by atoms with van der Waals surface area (Å²) in [5, 5.41) is 2.80. The van der Waals surface area contributed by atoms with Gasteiger partial charge in [0.25, 0.3) is 5.91 Å². The van der Waals surface area contributed by atoms with Gasteiger partial charge in [0.05, 0.1) is 38.3 Å². The number of hydrogen-bond donors (Lipinski definition) is 1. The molecule has 0 aliphatic rings. The van der Waals surface area contributed by atoms with Crippen molar-refractivity contribution in [3.05, 3.63) is 89.2 Å². The number of anilines is 1. The molecular weight excluding hydrogens is 447 g/mol. The first-order chi connectivity index (χ1) is 15.7. The highest BCUT2D eigenvalue weighted by atomic mass is 32.2. The van der Waals surface area contributed by atoms with Gasteiger partial charge in [0.2, 0.25) is 10.0 Å². The Morgan fingerprint density at radius 2 is 1.58 bits per heavy atom. The quantitative estimate of drug-likeness (QED) is 0.513. The molecule has 0 aromatic heterocycles. The molecular formula is C24H25FN2O5S. The minimum atomic E-state index is -3.91. The molecule has 0 saturated carbocycles. The Morgan fingerprint density at radius 1 is 0.970 bits per heavy atom. The van der Waals surface area contributed by atoms with Crippen LogP contribution in [-0.2, 0) is 23.1 Å². The van der Waals surface area contributed by atoms with E-state index in [9.17, 15) is 17.6 Å². The van der Waals surface area contributed by atoms with E-state index < -0.39 is 21.7 Å². The summed E-state index contributed by atoms with van der Waals surface area (Å²) in [6, 6.07) is 18.0. The van der Waals surface area contributed by atoms with Gasteiger partial charge >= 0.3 is 0 Å². The third kappa shape index (κ3) is 5.81. The van der Waals surface area contributed by atoms with Crippen molar-refractivity contribution in [1.82, 2.24) is 5.32 Å². The number of methoxy groups -OCH3 is 2. The summed E-state index contributed by atoms with van der Waals surface area (Å²) in [5.74, 6) is -0.585. The number of nitrogens with one attached hydrogen (secondary N) is 1. The van der Waals surface area contributed by atoms with Gasteiger partial charge in [-0.05, 0) is 17.7 Å². The first-order valence-corrected chi connectivity index (χ1v) is 11.9. The molecule has 3 rings (SSSR count). The molecule has 0 bridgehead atoms. The van der Waals surface area contributed by atoms with Crippen LogP contribution < -0.4 is 19.1 Å². The standard InChI is InChI=1S/C24H25FN2O5S/c1-31-22-13-19(24(28)26-15-17-9-5-4-6-10-17)21(14-23(22)32-2)27(33(3,29)30)16-18-11-7-8-12-20(18)25/h4-14H,15-16H2,1-3H3,(H,26,28). The van der Waals surface area contributed by atoms with E-state index in [1.54, 1.807) is 6.07 Å². The maximum atomic E-state index is 14.3. The fourth-order valence-corrected chi connectivity index (χ4v) is 4.17. The Balaban J connectivity index is 2.08. The largest absolute Gasteiger partial charge is 0.493 e. The predicted molar refractivity (Wildman–Crippen MR) is 125 cm³/mol. The van der Waals surface area contributed by atoms with E-state index >= 15 is 0 Å². The van der Waals surface area contributed by atoms with E-state index in [-0.39, 0.29) is 41.4 Å². The van der Waals surface area contributed by atoms with Crippen molar-refractivity contribution in [3.63, 3.8) is 0 Å². The summed E-state index contributed by atoms with van der Waals surface area (Å²) in [6.07, 6.45) is 0.996. The normalized spacial score (nSPS) is 11.0. The van der Waals surface area contributed by atoms with Gasteiger partial charge in [-0.2, -0.15) is 0 Å². The number of benzene rings is 3. The van der Waals surface area contributed by atoms with Crippen LogP contribution in [0.15, 0.2) is 66.7 Å². The van der Waals surface area contributed by atoms with Crippen molar-refractivity contribution < 1.29 is 27.1 Å². The number of carbonyl (C=O) groups excluding carboxylic acids is 1. The molecule has 0 saturated heterocycles. The van der Waals surface area contributed by atoms with Gasteiger partial charge in [0.15, 0.2) is 11.5 Å². The SMILES string of the molecule is COc1cc(C(=O)NCc2ccccc2)c(N(Cc2ccccc2F)S(C)(=O)=O)cc1OC. The molecule has 0 unspecified atom stereocenters. The Labute approximate surface area is 192 Å². The Morgan fingerprint density at radius 3 is 2.18 bits per heavy atom. The lowest BCUT2D eigenvalue weighted by Crippen LogP contribution is -2.33. The van der Waals surface area contributed by atoms with Crippen LogP contribution in [0.3, 0.4) is 0 Å². The minimum Gasteiger partial charge on any atom is -0.493 e. The van der Waals surface area contributed by atoms with E-state index in [0.717, 1.165) is 16.1 Å². The van der Waals surface area contributed by atoms with Crippen LogP contribution in [0.1, 0.15) is 21.5 Å². The van der Waals surface area contributed by atoms with Crippen molar-refractivity contribution in [2.24, 2.45) is 0 Å². The van der Waals surface area contributed by atoms with Gasteiger partial charge in [-0.1, -0.05) is 48.5 Å². The number of rotatable bonds is 9. The van der Waals surface area contributed by atoms with Crippen LogP contribution in [0, 0.1) is 5.82 Å². The fraction of sp³-hybridized carbons (Fsp3) is 0.208. The molecule has 9 heteroatoms. The summed E-state index contributed by atoms with van der Waals surface area (Å²) in [6.45, 7) is -0.0698. The van der Waals surface area contributed by atoms with Gasteiger partial charge < -0.3 is 14.8 Å². The average molecular weight is 473 g/mol. The highest BCUT2D eigenvalue weighted by Gasteiger charge is 2.27. The monoisotopic (exact) mass is 472 g/mol. The number of amides is 1. The Kier molecular flexibility index (Phi) is 7.55. The molecule has 0 aliphatic carbocycles. The molecule has 1 N–H and O–H groups in total. The molecule has 0 fully saturated rings. The van der Waals surface area contributed by atoms with Crippen LogP contribution in [0.25, 0.3) is 0 Å². The summed E-state index contributed by atoms with van der Waals surface area (Å²) in [7, 11) is -1.10. The first kappa shape index (κ1) is 24.1. The van der Waals surface area contributed by atoms with Crippen molar-refractivity contribution in [2.45, 2.75) is 13.1 Å². The van der Waals surface area contributed by atoms with E-state index in [4.69, 9.17) is 9.47 Å². The highest BCUT2D eigenvalue weighted by Crippen LogP contribution is 2.37. The Bertz CT molecular complexity index is 1230. The number of sulfonamides is 1. The maximum Gasteiger partial charge on any atom is 0.253 e. The van der Waals surface area contributed by atoms with Crippen LogP contribution >= 0.6 is 0 Å². The zero-order valence-corrected chi connectivity index (χ0v) is 19.4. The lowest BCUT2D eigenvalue weighted by molar-refractivity contribution is 0.0951. The topological polar surface area (TPSA) is 84.9 Å². The number of halogens is 1. The molecule has 174 valence electrons. The zero-order valence-electron chi connectivity index (χ0n) is 18.5. The zero-order chi connectivity index (χ0) is 24.0. The molecule has 1 amide bonds. The molecule has 3 aromatic rings. The van der Waals surface area contributed by atoms with Crippen molar-refractivity contribution in [1.29, 1.82) is 0 Å². The second kappa shape index (κ2) is 10.4. The van der Waals surface area contributed by atoms with Gasteiger partial charge in [0, 0.05) is 18.2 Å².